The smallest absolute Gasteiger partial charge is 0.257 e. The van der Waals surface area contributed by atoms with Gasteiger partial charge < -0.3 is 10.6 Å². The monoisotopic (exact) mass is 350 g/mol. The summed E-state index contributed by atoms with van der Waals surface area (Å²) in [4.78, 5) is 12.2. The van der Waals surface area contributed by atoms with E-state index >= 15 is 0 Å². The molecule has 0 spiro atoms. The highest BCUT2D eigenvalue weighted by atomic mass is 35.5. The normalized spacial score (nSPS) is 10.3. The largest absolute Gasteiger partial charge is 0.385 e. The summed E-state index contributed by atoms with van der Waals surface area (Å²) in [6, 6.07) is 25.0. The molecule has 4 heteroatoms. The molecule has 2 N–H and O–H groups in total. The number of halogens is 1. The van der Waals surface area contributed by atoms with E-state index < -0.39 is 0 Å². The van der Waals surface area contributed by atoms with Crippen LogP contribution in [-0.2, 0) is 6.42 Å². The summed E-state index contributed by atoms with van der Waals surface area (Å²) in [6.45, 7) is 0.856. The van der Waals surface area contributed by atoms with Crippen LogP contribution in [0.4, 0.5) is 11.4 Å². The molecule has 0 aromatic heterocycles. The van der Waals surface area contributed by atoms with Crippen molar-refractivity contribution >= 4 is 28.9 Å². The number of rotatable bonds is 6. The predicted molar refractivity (Wildman–Crippen MR) is 104 cm³/mol. The Hall–Kier alpha value is -2.78. The van der Waals surface area contributed by atoms with Gasteiger partial charge in [0.1, 0.15) is 0 Å². The average molecular weight is 351 g/mol. The van der Waals surface area contributed by atoms with Crippen molar-refractivity contribution in [3.05, 3.63) is 95.0 Å². The third-order valence-corrected chi connectivity index (χ3v) is 4.18. The summed E-state index contributed by atoms with van der Waals surface area (Å²) in [5.74, 6) is -0.213. The highest BCUT2D eigenvalue weighted by molar-refractivity contribution is 6.34. The van der Waals surface area contributed by atoms with Crippen LogP contribution in [0.2, 0.25) is 5.02 Å². The average Bonchev–Trinajstić information content (AvgIpc) is 2.64. The fourth-order valence-corrected chi connectivity index (χ4v) is 2.73. The Labute approximate surface area is 152 Å². The van der Waals surface area contributed by atoms with Crippen molar-refractivity contribution in [3.8, 4) is 0 Å². The van der Waals surface area contributed by atoms with Gasteiger partial charge in [-0.15, -0.1) is 0 Å². The van der Waals surface area contributed by atoms with E-state index in [0.717, 1.165) is 24.3 Å². The zero-order valence-corrected chi connectivity index (χ0v) is 14.5. The first-order valence-corrected chi connectivity index (χ1v) is 8.54. The van der Waals surface area contributed by atoms with Crippen LogP contribution >= 0.6 is 11.6 Å². The number of hydrogen-bond donors (Lipinski definition) is 2. The van der Waals surface area contributed by atoms with Gasteiger partial charge in [-0.3, -0.25) is 4.79 Å². The zero-order chi connectivity index (χ0) is 17.5. The Kier molecular flexibility index (Phi) is 5.70. The van der Waals surface area contributed by atoms with Crippen LogP contribution in [0.3, 0.4) is 0 Å². The van der Waals surface area contributed by atoms with Crippen molar-refractivity contribution in [2.45, 2.75) is 6.42 Å². The first-order chi connectivity index (χ1) is 12.2. The third kappa shape index (κ3) is 4.85. The van der Waals surface area contributed by atoms with Gasteiger partial charge in [-0.1, -0.05) is 54.1 Å². The quantitative estimate of drug-likeness (QED) is 0.637. The second-order valence-electron chi connectivity index (χ2n) is 5.67. The molecule has 3 aromatic rings. The van der Waals surface area contributed by atoms with E-state index in [9.17, 15) is 4.79 Å². The van der Waals surface area contributed by atoms with Crippen molar-refractivity contribution in [1.29, 1.82) is 0 Å². The summed E-state index contributed by atoms with van der Waals surface area (Å²) in [5, 5.41) is 6.68. The maximum absolute atomic E-state index is 12.2. The topological polar surface area (TPSA) is 41.1 Å². The number of hydrogen-bond acceptors (Lipinski definition) is 2. The Bertz CT molecular complexity index is 832. The minimum absolute atomic E-state index is 0.213. The summed E-state index contributed by atoms with van der Waals surface area (Å²) in [5.41, 5.74) is 3.53. The summed E-state index contributed by atoms with van der Waals surface area (Å²) >= 11 is 6.05. The number of nitrogens with one attached hydrogen (secondary N) is 2. The van der Waals surface area contributed by atoms with Gasteiger partial charge in [0.2, 0.25) is 0 Å². The summed E-state index contributed by atoms with van der Waals surface area (Å²) < 4.78 is 0. The van der Waals surface area contributed by atoms with Gasteiger partial charge in [-0.05, 0) is 48.4 Å². The molecule has 0 saturated heterocycles. The lowest BCUT2D eigenvalue weighted by Crippen LogP contribution is -2.12. The van der Waals surface area contributed by atoms with Gasteiger partial charge >= 0.3 is 0 Å². The molecule has 0 aliphatic heterocycles. The maximum Gasteiger partial charge on any atom is 0.257 e. The van der Waals surface area contributed by atoms with Crippen molar-refractivity contribution in [1.82, 2.24) is 0 Å². The number of carbonyl (C=O) groups excluding carboxylic acids is 1. The van der Waals surface area contributed by atoms with E-state index in [-0.39, 0.29) is 5.91 Å². The van der Waals surface area contributed by atoms with E-state index in [0.29, 0.717) is 10.6 Å². The molecule has 3 aromatic carbocycles. The second kappa shape index (κ2) is 8.36. The predicted octanol–water partition coefficient (Wildman–Crippen LogP) is 5.25. The molecular formula is C21H19ClN2O. The molecule has 3 nitrogen and oxygen atoms in total. The number of anilines is 2. The van der Waals surface area contributed by atoms with Gasteiger partial charge in [0.15, 0.2) is 0 Å². The van der Waals surface area contributed by atoms with Gasteiger partial charge in [-0.25, -0.2) is 0 Å². The number of amides is 1. The Morgan fingerprint density at radius 1 is 0.800 bits per heavy atom. The van der Waals surface area contributed by atoms with Crippen molar-refractivity contribution < 1.29 is 4.79 Å². The van der Waals surface area contributed by atoms with E-state index in [1.54, 1.807) is 24.3 Å². The Morgan fingerprint density at radius 3 is 2.16 bits per heavy atom. The van der Waals surface area contributed by atoms with E-state index in [2.05, 4.69) is 22.8 Å². The van der Waals surface area contributed by atoms with Crippen LogP contribution in [0.5, 0.6) is 0 Å². The molecule has 25 heavy (non-hydrogen) atoms. The van der Waals surface area contributed by atoms with Crippen LogP contribution in [0.15, 0.2) is 78.9 Å². The molecule has 0 atom stereocenters. The van der Waals surface area contributed by atoms with Crippen LogP contribution in [0.25, 0.3) is 0 Å². The zero-order valence-electron chi connectivity index (χ0n) is 13.7. The van der Waals surface area contributed by atoms with Gasteiger partial charge in [-0.2, -0.15) is 0 Å². The lowest BCUT2D eigenvalue weighted by Gasteiger charge is -2.09. The highest BCUT2D eigenvalue weighted by Crippen LogP contribution is 2.18. The van der Waals surface area contributed by atoms with Crippen molar-refractivity contribution in [2.24, 2.45) is 0 Å². The molecular weight excluding hydrogens is 332 g/mol. The standard InChI is InChI=1S/C21H19ClN2O/c22-20-9-5-4-8-19(20)21(25)24-18-12-10-17(11-13-18)23-15-14-16-6-2-1-3-7-16/h1-13,23H,14-15H2,(H,24,25). The molecule has 0 bridgehead atoms. The first-order valence-electron chi connectivity index (χ1n) is 8.16. The fraction of sp³-hybridized carbons (Fsp3) is 0.0952. The van der Waals surface area contributed by atoms with E-state index in [4.69, 9.17) is 11.6 Å². The molecule has 3 rings (SSSR count). The minimum Gasteiger partial charge on any atom is -0.385 e. The Balaban J connectivity index is 1.53. The first kappa shape index (κ1) is 17.1. The minimum atomic E-state index is -0.213. The number of carbonyl (C=O) groups is 1. The molecule has 0 fully saturated rings. The van der Waals surface area contributed by atoms with Crippen molar-refractivity contribution in [3.63, 3.8) is 0 Å². The lowest BCUT2D eigenvalue weighted by atomic mass is 10.1. The molecule has 0 aliphatic rings. The molecule has 0 heterocycles. The molecule has 0 radical (unpaired) electrons. The molecule has 0 saturated carbocycles. The molecule has 0 aliphatic carbocycles. The highest BCUT2D eigenvalue weighted by Gasteiger charge is 2.09. The summed E-state index contributed by atoms with van der Waals surface area (Å²) in [7, 11) is 0. The van der Waals surface area contributed by atoms with Gasteiger partial charge in [0.05, 0.1) is 10.6 Å². The Morgan fingerprint density at radius 2 is 1.44 bits per heavy atom. The third-order valence-electron chi connectivity index (χ3n) is 3.85. The van der Waals surface area contributed by atoms with Gasteiger partial charge in [0.25, 0.3) is 5.91 Å². The van der Waals surface area contributed by atoms with E-state index in [1.807, 2.05) is 42.5 Å². The molecule has 1 amide bonds. The van der Waals surface area contributed by atoms with Crippen LogP contribution in [0.1, 0.15) is 15.9 Å². The van der Waals surface area contributed by atoms with Gasteiger partial charge in [0, 0.05) is 17.9 Å². The van der Waals surface area contributed by atoms with Crippen molar-refractivity contribution in [2.75, 3.05) is 17.2 Å². The van der Waals surface area contributed by atoms with Crippen LogP contribution < -0.4 is 10.6 Å². The van der Waals surface area contributed by atoms with Crippen LogP contribution in [-0.4, -0.2) is 12.5 Å². The second-order valence-corrected chi connectivity index (χ2v) is 6.08. The summed E-state index contributed by atoms with van der Waals surface area (Å²) in [6.07, 6.45) is 0.964. The van der Waals surface area contributed by atoms with E-state index in [1.165, 1.54) is 5.56 Å². The lowest BCUT2D eigenvalue weighted by molar-refractivity contribution is 0.102. The molecule has 126 valence electrons. The maximum atomic E-state index is 12.2. The van der Waals surface area contributed by atoms with Crippen LogP contribution in [0, 0.1) is 0 Å². The molecule has 0 unspecified atom stereocenters. The fourth-order valence-electron chi connectivity index (χ4n) is 2.51. The SMILES string of the molecule is O=C(Nc1ccc(NCCc2ccccc2)cc1)c1ccccc1Cl. The number of benzene rings is 3.